The molecular formula is C26H33FN4O3. The third-order valence-corrected chi connectivity index (χ3v) is 7.69. The van der Waals surface area contributed by atoms with Crippen LogP contribution in [0.4, 0.5) is 4.39 Å². The summed E-state index contributed by atoms with van der Waals surface area (Å²) in [6.07, 6.45) is 7.35. The van der Waals surface area contributed by atoms with Gasteiger partial charge in [-0.2, -0.15) is 0 Å². The van der Waals surface area contributed by atoms with E-state index in [2.05, 4.69) is 17.2 Å². The van der Waals surface area contributed by atoms with Crippen molar-refractivity contribution in [2.75, 3.05) is 13.1 Å². The molecule has 2 aromatic rings. The average Bonchev–Trinajstić information content (AvgIpc) is 3.29. The number of ether oxygens (including phenoxy) is 1. The summed E-state index contributed by atoms with van der Waals surface area (Å²) in [5.41, 5.74) is 2.10. The molecule has 0 radical (unpaired) electrons. The van der Waals surface area contributed by atoms with Gasteiger partial charge in [0.2, 0.25) is 5.91 Å². The quantitative estimate of drug-likeness (QED) is 0.740. The Balaban J connectivity index is 1.15. The second-order valence-corrected chi connectivity index (χ2v) is 10.1. The van der Waals surface area contributed by atoms with Crippen molar-refractivity contribution in [3.05, 3.63) is 53.4 Å². The molecule has 3 heterocycles. The van der Waals surface area contributed by atoms with Gasteiger partial charge in [0.25, 0.3) is 5.91 Å². The molecule has 3 aliphatic rings. The number of nitrogens with zero attached hydrogens (tertiary/aromatic N) is 3. The Labute approximate surface area is 199 Å². The fourth-order valence-corrected chi connectivity index (χ4v) is 5.40. The van der Waals surface area contributed by atoms with Crippen molar-refractivity contribution in [3.8, 4) is 0 Å². The normalized spacial score (nSPS) is 25.6. The molecule has 2 amide bonds. The maximum absolute atomic E-state index is 13.2. The number of carbonyl (C=O) groups excluding carboxylic acids is 2. The van der Waals surface area contributed by atoms with E-state index in [1.54, 1.807) is 23.4 Å². The number of hydrogen-bond acceptors (Lipinski definition) is 4. The van der Waals surface area contributed by atoms with Crippen LogP contribution in [0.25, 0.3) is 0 Å². The number of imidazole rings is 1. The van der Waals surface area contributed by atoms with Crippen LogP contribution >= 0.6 is 0 Å². The second-order valence-electron chi connectivity index (χ2n) is 10.1. The summed E-state index contributed by atoms with van der Waals surface area (Å²) < 4.78 is 21.2. The van der Waals surface area contributed by atoms with Crippen LogP contribution in [0.1, 0.15) is 73.3 Å². The Kier molecular flexibility index (Phi) is 6.68. The molecule has 1 saturated heterocycles. The Morgan fingerprint density at radius 3 is 2.47 bits per heavy atom. The van der Waals surface area contributed by atoms with Crippen LogP contribution in [0.3, 0.4) is 0 Å². The maximum atomic E-state index is 13.2. The molecule has 1 N–H and O–H groups in total. The second kappa shape index (κ2) is 9.86. The molecule has 1 aliphatic carbocycles. The molecule has 0 bridgehead atoms. The standard InChI is InChI=1S/C26H33FN4O3/c1-17-2-8-21(9-3-17)29-25(32)19-10-12-30(13-11-19)26(33)24-22-15-34-23(14-31(22)16-28-24)18-4-6-20(27)7-5-18/h4-7,16-17,19,21,23H,2-3,8-15H2,1H3,(H,29,32)/t17?,21?,23-/m1/s1. The molecule has 8 heteroatoms. The first-order valence-corrected chi connectivity index (χ1v) is 12.5. The number of carbonyl (C=O) groups is 2. The lowest BCUT2D eigenvalue weighted by Crippen LogP contribution is -2.46. The van der Waals surface area contributed by atoms with Gasteiger partial charge < -0.3 is 19.5 Å². The molecule has 0 spiro atoms. The van der Waals surface area contributed by atoms with Gasteiger partial charge in [0, 0.05) is 25.0 Å². The first-order valence-electron chi connectivity index (χ1n) is 12.5. The number of amides is 2. The van der Waals surface area contributed by atoms with E-state index in [0.29, 0.717) is 44.2 Å². The Hall–Kier alpha value is -2.74. The van der Waals surface area contributed by atoms with E-state index in [0.717, 1.165) is 30.0 Å². The minimum atomic E-state index is -0.277. The number of fused-ring (bicyclic) bond motifs is 1. The topological polar surface area (TPSA) is 76.5 Å². The van der Waals surface area contributed by atoms with Crippen molar-refractivity contribution in [2.24, 2.45) is 11.8 Å². The first kappa shape index (κ1) is 23.0. The van der Waals surface area contributed by atoms with Crippen molar-refractivity contribution in [2.45, 2.75) is 70.7 Å². The largest absolute Gasteiger partial charge is 0.365 e. The van der Waals surface area contributed by atoms with Crippen molar-refractivity contribution in [1.29, 1.82) is 0 Å². The molecule has 182 valence electrons. The highest BCUT2D eigenvalue weighted by Gasteiger charge is 2.33. The third-order valence-electron chi connectivity index (χ3n) is 7.69. The highest BCUT2D eigenvalue weighted by molar-refractivity contribution is 5.93. The Morgan fingerprint density at radius 2 is 1.76 bits per heavy atom. The first-order chi connectivity index (χ1) is 16.5. The smallest absolute Gasteiger partial charge is 0.274 e. The van der Waals surface area contributed by atoms with Crippen LogP contribution in [0, 0.1) is 17.7 Å². The summed E-state index contributed by atoms with van der Waals surface area (Å²) in [5, 5.41) is 3.25. The van der Waals surface area contributed by atoms with Crippen LogP contribution in [0.5, 0.6) is 0 Å². The Morgan fingerprint density at radius 1 is 1.06 bits per heavy atom. The van der Waals surface area contributed by atoms with Crippen molar-refractivity contribution in [3.63, 3.8) is 0 Å². The average molecular weight is 469 g/mol. The maximum Gasteiger partial charge on any atom is 0.274 e. The van der Waals surface area contributed by atoms with E-state index in [4.69, 9.17) is 4.74 Å². The summed E-state index contributed by atoms with van der Waals surface area (Å²) in [6, 6.07) is 6.61. The lowest BCUT2D eigenvalue weighted by atomic mass is 9.86. The minimum Gasteiger partial charge on any atom is -0.365 e. The van der Waals surface area contributed by atoms with E-state index in [-0.39, 0.29) is 36.3 Å². The highest BCUT2D eigenvalue weighted by Crippen LogP contribution is 2.29. The van der Waals surface area contributed by atoms with Crippen LogP contribution in [0.15, 0.2) is 30.6 Å². The van der Waals surface area contributed by atoms with Gasteiger partial charge in [-0.1, -0.05) is 19.1 Å². The van der Waals surface area contributed by atoms with Gasteiger partial charge in [-0.05, 0) is 62.1 Å². The molecule has 2 fully saturated rings. The number of rotatable bonds is 4. The minimum absolute atomic E-state index is 0.0286. The van der Waals surface area contributed by atoms with E-state index < -0.39 is 0 Å². The fourth-order valence-electron chi connectivity index (χ4n) is 5.40. The third kappa shape index (κ3) is 4.87. The summed E-state index contributed by atoms with van der Waals surface area (Å²) in [6.45, 7) is 4.21. The molecule has 7 nitrogen and oxygen atoms in total. The van der Waals surface area contributed by atoms with Crippen LogP contribution in [-0.2, 0) is 22.7 Å². The van der Waals surface area contributed by atoms with Gasteiger partial charge in [-0.15, -0.1) is 0 Å². The monoisotopic (exact) mass is 468 g/mol. The summed E-state index contributed by atoms with van der Waals surface area (Å²) >= 11 is 0. The van der Waals surface area contributed by atoms with Crippen molar-refractivity contribution in [1.82, 2.24) is 19.8 Å². The van der Waals surface area contributed by atoms with Gasteiger partial charge in [-0.25, -0.2) is 9.37 Å². The summed E-state index contributed by atoms with van der Waals surface area (Å²) in [4.78, 5) is 32.2. The number of aromatic nitrogens is 2. The van der Waals surface area contributed by atoms with E-state index in [9.17, 15) is 14.0 Å². The van der Waals surface area contributed by atoms with Gasteiger partial charge in [0.15, 0.2) is 5.69 Å². The van der Waals surface area contributed by atoms with Crippen LogP contribution < -0.4 is 5.32 Å². The Bertz CT molecular complexity index is 1020. The highest BCUT2D eigenvalue weighted by atomic mass is 19.1. The number of hydrogen-bond donors (Lipinski definition) is 1. The molecule has 1 aromatic heterocycles. The van der Waals surface area contributed by atoms with Gasteiger partial charge in [0.1, 0.15) is 11.9 Å². The van der Waals surface area contributed by atoms with Crippen molar-refractivity contribution < 1.29 is 18.7 Å². The molecule has 1 atom stereocenters. The van der Waals surface area contributed by atoms with Crippen LogP contribution in [0.2, 0.25) is 0 Å². The lowest BCUT2D eigenvalue weighted by molar-refractivity contribution is -0.127. The fraction of sp³-hybridized carbons (Fsp3) is 0.577. The van der Waals surface area contributed by atoms with E-state index in [1.165, 1.54) is 25.0 Å². The van der Waals surface area contributed by atoms with Crippen LogP contribution in [-0.4, -0.2) is 45.4 Å². The SMILES string of the molecule is CC1CCC(NC(=O)C2CCN(C(=O)c3ncn4c3CO[C@@H](c3ccc(F)cc3)C4)CC2)CC1. The summed E-state index contributed by atoms with van der Waals surface area (Å²) in [7, 11) is 0. The molecule has 34 heavy (non-hydrogen) atoms. The zero-order valence-electron chi connectivity index (χ0n) is 19.7. The van der Waals surface area contributed by atoms with E-state index >= 15 is 0 Å². The lowest BCUT2D eigenvalue weighted by Gasteiger charge is -2.33. The van der Waals surface area contributed by atoms with Gasteiger partial charge >= 0.3 is 0 Å². The molecule has 1 aromatic carbocycles. The number of halogens is 1. The van der Waals surface area contributed by atoms with Gasteiger partial charge in [-0.3, -0.25) is 9.59 Å². The number of piperidine rings is 1. The van der Waals surface area contributed by atoms with E-state index in [1.807, 2.05) is 4.57 Å². The predicted octanol–water partition coefficient (Wildman–Crippen LogP) is 3.84. The predicted molar refractivity (Wildman–Crippen MR) is 124 cm³/mol. The molecule has 2 aliphatic heterocycles. The number of nitrogens with one attached hydrogen (secondary N) is 1. The molecule has 5 rings (SSSR count). The van der Waals surface area contributed by atoms with Crippen molar-refractivity contribution >= 4 is 11.8 Å². The zero-order valence-corrected chi connectivity index (χ0v) is 19.7. The summed E-state index contributed by atoms with van der Waals surface area (Å²) in [5.74, 6) is 0.499. The molecular weight excluding hydrogens is 435 g/mol. The zero-order chi connectivity index (χ0) is 23.7. The number of likely N-dealkylation sites (tertiary alicyclic amines) is 1. The van der Waals surface area contributed by atoms with Gasteiger partial charge in [0.05, 0.1) is 25.2 Å². The molecule has 1 saturated carbocycles. The molecule has 0 unspecified atom stereocenters. The number of benzene rings is 1.